The average molecular weight is 260 g/mol. The van der Waals surface area contributed by atoms with Gasteiger partial charge in [0.2, 0.25) is 0 Å². The lowest BCUT2D eigenvalue weighted by atomic mass is 9.99. The molecule has 3 nitrogen and oxygen atoms in total. The number of nitrogens with two attached hydrogens (primary N) is 1. The van der Waals surface area contributed by atoms with Crippen molar-refractivity contribution >= 4 is 5.91 Å². The number of hydrogen-bond donors (Lipinski definition) is 2. The summed E-state index contributed by atoms with van der Waals surface area (Å²) in [6.45, 7) is 2.76. The van der Waals surface area contributed by atoms with Crippen molar-refractivity contribution in [3.05, 3.63) is 35.4 Å². The van der Waals surface area contributed by atoms with Crippen molar-refractivity contribution in [3.63, 3.8) is 0 Å². The fraction of sp³-hybridized carbons (Fsp3) is 0.562. The Bertz CT molecular complexity index is 407. The van der Waals surface area contributed by atoms with Crippen molar-refractivity contribution in [1.82, 2.24) is 5.32 Å². The van der Waals surface area contributed by atoms with Gasteiger partial charge in [-0.15, -0.1) is 0 Å². The van der Waals surface area contributed by atoms with Crippen LogP contribution in [-0.2, 0) is 6.42 Å². The predicted molar refractivity (Wildman–Crippen MR) is 78.1 cm³/mol. The molecular formula is C16H24N2O. The Balaban J connectivity index is 1.91. The Morgan fingerprint density at radius 2 is 1.95 bits per heavy atom. The second-order valence-corrected chi connectivity index (χ2v) is 5.54. The first-order valence-electron chi connectivity index (χ1n) is 7.30. The molecule has 2 rings (SSSR count). The smallest absolute Gasteiger partial charge is 0.251 e. The molecule has 1 amide bonds. The molecule has 0 radical (unpaired) electrons. The zero-order valence-corrected chi connectivity index (χ0v) is 11.7. The molecular weight excluding hydrogens is 236 g/mol. The van der Waals surface area contributed by atoms with Gasteiger partial charge in [0, 0.05) is 11.6 Å². The van der Waals surface area contributed by atoms with E-state index in [-0.39, 0.29) is 11.9 Å². The van der Waals surface area contributed by atoms with Crippen LogP contribution in [0.4, 0.5) is 0 Å². The van der Waals surface area contributed by atoms with E-state index < -0.39 is 0 Å². The topological polar surface area (TPSA) is 55.1 Å². The van der Waals surface area contributed by atoms with E-state index in [0.717, 1.165) is 12.0 Å². The van der Waals surface area contributed by atoms with Gasteiger partial charge in [-0.2, -0.15) is 0 Å². The molecule has 0 aromatic heterocycles. The van der Waals surface area contributed by atoms with Crippen LogP contribution < -0.4 is 11.1 Å². The molecule has 0 spiro atoms. The highest BCUT2D eigenvalue weighted by Gasteiger charge is 2.22. The van der Waals surface area contributed by atoms with Crippen LogP contribution in [0.15, 0.2) is 24.3 Å². The van der Waals surface area contributed by atoms with Gasteiger partial charge in [0.1, 0.15) is 0 Å². The van der Waals surface area contributed by atoms with Crippen molar-refractivity contribution in [1.29, 1.82) is 0 Å². The van der Waals surface area contributed by atoms with Crippen molar-refractivity contribution in [3.8, 4) is 0 Å². The van der Waals surface area contributed by atoms with E-state index in [1.807, 2.05) is 24.3 Å². The minimum Gasteiger partial charge on any atom is -0.349 e. The number of rotatable bonds is 5. The highest BCUT2D eigenvalue weighted by atomic mass is 16.1. The Labute approximate surface area is 115 Å². The third kappa shape index (κ3) is 3.80. The second-order valence-electron chi connectivity index (χ2n) is 5.54. The number of carbonyl (C=O) groups excluding carboxylic acids is 1. The Morgan fingerprint density at radius 3 is 2.53 bits per heavy atom. The summed E-state index contributed by atoms with van der Waals surface area (Å²) in [7, 11) is 0. The minimum absolute atomic E-state index is 0.0405. The zero-order valence-electron chi connectivity index (χ0n) is 11.7. The molecule has 1 aliphatic carbocycles. The second kappa shape index (κ2) is 6.71. The molecule has 1 fully saturated rings. The van der Waals surface area contributed by atoms with Crippen LogP contribution in [0, 0.1) is 5.92 Å². The third-order valence-corrected chi connectivity index (χ3v) is 4.11. The van der Waals surface area contributed by atoms with Crippen LogP contribution in [0.25, 0.3) is 0 Å². The van der Waals surface area contributed by atoms with Gasteiger partial charge in [-0.1, -0.05) is 25.0 Å². The Kier molecular flexibility index (Phi) is 4.97. The maximum atomic E-state index is 12.1. The van der Waals surface area contributed by atoms with Gasteiger partial charge in [0.05, 0.1) is 0 Å². The summed E-state index contributed by atoms with van der Waals surface area (Å²) in [6.07, 6.45) is 5.96. The van der Waals surface area contributed by atoms with E-state index in [9.17, 15) is 4.79 Å². The molecule has 1 aliphatic rings. The highest BCUT2D eigenvalue weighted by Crippen LogP contribution is 2.27. The van der Waals surface area contributed by atoms with Gasteiger partial charge < -0.3 is 11.1 Å². The van der Waals surface area contributed by atoms with E-state index in [1.165, 1.54) is 31.2 Å². The summed E-state index contributed by atoms with van der Waals surface area (Å²) < 4.78 is 0. The molecule has 0 heterocycles. The van der Waals surface area contributed by atoms with Crippen LogP contribution in [0.5, 0.6) is 0 Å². The van der Waals surface area contributed by atoms with E-state index in [1.54, 1.807) is 0 Å². The number of carbonyl (C=O) groups is 1. The summed E-state index contributed by atoms with van der Waals surface area (Å²) >= 11 is 0. The first-order chi connectivity index (χ1) is 9.20. The quantitative estimate of drug-likeness (QED) is 0.854. The number of benzene rings is 1. The molecule has 3 heteroatoms. The first-order valence-corrected chi connectivity index (χ1v) is 7.30. The molecule has 19 heavy (non-hydrogen) atoms. The normalized spacial score (nSPS) is 17.4. The largest absolute Gasteiger partial charge is 0.349 e. The molecule has 3 N–H and O–H groups in total. The standard InChI is InChI=1S/C16H24N2O/c1-12(14-4-2-3-5-14)18-16(19)15-8-6-13(7-9-15)10-11-17/h6-9,12,14H,2-5,10-11,17H2,1H3,(H,18,19)/t12-/m1/s1. The fourth-order valence-corrected chi connectivity index (χ4v) is 2.85. The third-order valence-electron chi connectivity index (χ3n) is 4.11. The summed E-state index contributed by atoms with van der Waals surface area (Å²) in [5.41, 5.74) is 7.44. The minimum atomic E-state index is 0.0405. The SMILES string of the molecule is C[C@@H](NC(=O)c1ccc(CCN)cc1)C1CCCC1. The lowest BCUT2D eigenvalue weighted by Gasteiger charge is -2.20. The Hall–Kier alpha value is -1.35. The molecule has 104 valence electrons. The van der Waals surface area contributed by atoms with Crippen LogP contribution in [0.3, 0.4) is 0 Å². The number of hydrogen-bond acceptors (Lipinski definition) is 2. The maximum absolute atomic E-state index is 12.1. The van der Waals surface area contributed by atoms with Gasteiger partial charge in [-0.25, -0.2) is 0 Å². The van der Waals surface area contributed by atoms with Crippen LogP contribution in [0.2, 0.25) is 0 Å². The summed E-state index contributed by atoms with van der Waals surface area (Å²) in [5, 5.41) is 3.13. The van der Waals surface area contributed by atoms with Crippen LogP contribution in [-0.4, -0.2) is 18.5 Å². The van der Waals surface area contributed by atoms with Crippen molar-refractivity contribution in [2.45, 2.75) is 45.1 Å². The summed E-state index contributed by atoms with van der Waals surface area (Å²) in [6, 6.07) is 8.03. The summed E-state index contributed by atoms with van der Waals surface area (Å²) in [4.78, 5) is 12.1. The molecule has 0 bridgehead atoms. The van der Waals surface area contributed by atoms with E-state index >= 15 is 0 Å². The number of amides is 1. The lowest BCUT2D eigenvalue weighted by Crippen LogP contribution is -2.37. The van der Waals surface area contributed by atoms with E-state index in [4.69, 9.17) is 5.73 Å². The zero-order chi connectivity index (χ0) is 13.7. The van der Waals surface area contributed by atoms with E-state index in [0.29, 0.717) is 12.5 Å². The van der Waals surface area contributed by atoms with Crippen molar-refractivity contribution in [2.24, 2.45) is 11.7 Å². The fourth-order valence-electron chi connectivity index (χ4n) is 2.85. The van der Waals surface area contributed by atoms with Crippen molar-refractivity contribution < 1.29 is 4.79 Å². The molecule has 0 saturated heterocycles. The lowest BCUT2D eigenvalue weighted by molar-refractivity contribution is 0.0927. The number of nitrogens with one attached hydrogen (secondary N) is 1. The van der Waals surface area contributed by atoms with E-state index in [2.05, 4.69) is 12.2 Å². The molecule has 1 saturated carbocycles. The molecule has 1 aromatic carbocycles. The van der Waals surface area contributed by atoms with Gasteiger partial charge >= 0.3 is 0 Å². The molecule has 1 atom stereocenters. The molecule has 0 aliphatic heterocycles. The average Bonchev–Trinajstić information content (AvgIpc) is 2.94. The monoisotopic (exact) mass is 260 g/mol. The summed E-state index contributed by atoms with van der Waals surface area (Å²) in [5.74, 6) is 0.694. The van der Waals surface area contributed by atoms with Gasteiger partial charge in [0.15, 0.2) is 0 Å². The molecule has 1 aromatic rings. The van der Waals surface area contributed by atoms with Crippen molar-refractivity contribution in [2.75, 3.05) is 6.54 Å². The maximum Gasteiger partial charge on any atom is 0.251 e. The predicted octanol–water partition coefficient (Wildman–Crippen LogP) is 2.50. The Morgan fingerprint density at radius 1 is 1.32 bits per heavy atom. The highest BCUT2D eigenvalue weighted by molar-refractivity contribution is 5.94. The van der Waals surface area contributed by atoms with Crippen LogP contribution >= 0.6 is 0 Å². The van der Waals surface area contributed by atoms with Gasteiger partial charge in [-0.05, 0) is 56.3 Å². The van der Waals surface area contributed by atoms with Crippen LogP contribution in [0.1, 0.15) is 48.5 Å². The first kappa shape index (κ1) is 14.1. The van der Waals surface area contributed by atoms with Gasteiger partial charge in [-0.3, -0.25) is 4.79 Å². The van der Waals surface area contributed by atoms with Gasteiger partial charge in [0.25, 0.3) is 5.91 Å². The molecule has 0 unspecified atom stereocenters.